The van der Waals surface area contributed by atoms with Crippen molar-refractivity contribution in [3.8, 4) is 0 Å². The third kappa shape index (κ3) is 2.20. The summed E-state index contributed by atoms with van der Waals surface area (Å²) in [6.45, 7) is 0.776. The van der Waals surface area contributed by atoms with Gasteiger partial charge in [-0.2, -0.15) is 0 Å². The zero-order valence-corrected chi connectivity index (χ0v) is 7.99. The molecule has 0 aromatic heterocycles. The van der Waals surface area contributed by atoms with E-state index in [0.29, 0.717) is 11.8 Å². The van der Waals surface area contributed by atoms with Gasteiger partial charge in [0.05, 0.1) is 0 Å². The molecule has 74 valence electrons. The maximum Gasteiger partial charge on any atom is 0.123 e. The molecular weight excluding hydrogens is 177 g/mol. The van der Waals surface area contributed by atoms with Crippen molar-refractivity contribution in [2.75, 3.05) is 6.54 Å². The summed E-state index contributed by atoms with van der Waals surface area (Å²) in [5.41, 5.74) is 6.58. The molecule has 1 saturated carbocycles. The van der Waals surface area contributed by atoms with Crippen molar-refractivity contribution in [2.45, 2.75) is 6.42 Å². The van der Waals surface area contributed by atoms with E-state index in [1.165, 1.54) is 18.6 Å². The van der Waals surface area contributed by atoms with Gasteiger partial charge in [-0.15, -0.1) is 0 Å². The zero-order valence-electron chi connectivity index (χ0n) is 7.99. The molecule has 1 aromatic rings. The molecule has 2 heteroatoms. The van der Waals surface area contributed by atoms with Crippen molar-refractivity contribution in [1.29, 1.82) is 0 Å². The standard InChI is InChI=1S/C12H14FN/c13-12-5-2-9(3-6-12)1-4-10-7-11(10)8-14/h1-6,10-11H,7-8,14H2/b4-1+/t10-,11+/m1/s1. The van der Waals surface area contributed by atoms with Crippen LogP contribution in [-0.2, 0) is 0 Å². The molecule has 0 radical (unpaired) electrons. The summed E-state index contributed by atoms with van der Waals surface area (Å²) in [5.74, 6) is 1.13. The summed E-state index contributed by atoms with van der Waals surface area (Å²) in [6, 6.07) is 6.53. The van der Waals surface area contributed by atoms with E-state index in [1.807, 2.05) is 6.08 Å². The Morgan fingerprint density at radius 1 is 1.36 bits per heavy atom. The Labute approximate surface area is 83.4 Å². The van der Waals surface area contributed by atoms with Crippen molar-refractivity contribution in [3.63, 3.8) is 0 Å². The Bertz CT molecular complexity index is 329. The number of allylic oxidation sites excluding steroid dienone is 1. The minimum absolute atomic E-state index is 0.187. The Balaban J connectivity index is 1.94. The summed E-state index contributed by atoms with van der Waals surface area (Å²) in [6.07, 6.45) is 5.42. The van der Waals surface area contributed by atoms with E-state index in [9.17, 15) is 4.39 Å². The van der Waals surface area contributed by atoms with Gasteiger partial charge in [-0.25, -0.2) is 4.39 Å². The number of nitrogens with two attached hydrogens (primary N) is 1. The number of rotatable bonds is 3. The molecule has 0 spiro atoms. The van der Waals surface area contributed by atoms with E-state index in [4.69, 9.17) is 5.73 Å². The highest BCUT2D eigenvalue weighted by Crippen LogP contribution is 2.38. The molecule has 1 nitrogen and oxygen atoms in total. The van der Waals surface area contributed by atoms with Gasteiger partial charge in [0.15, 0.2) is 0 Å². The normalized spacial score (nSPS) is 25.6. The molecule has 0 unspecified atom stereocenters. The fourth-order valence-corrected chi connectivity index (χ4v) is 1.59. The Morgan fingerprint density at radius 2 is 2.07 bits per heavy atom. The molecule has 14 heavy (non-hydrogen) atoms. The first-order chi connectivity index (χ1) is 6.79. The number of hydrogen-bond donors (Lipinski definition) is 1. The second-order valence-electron chi connectivity index (χ2n) is 3.81. The van der Waals surface area contributed by atoms with Crippen molar-refractivity contribution in [1.82, 2.24) is 0 Å². The van der Waals surface area contributed by atoms with Crippen LogP contribution in [0.25, 0.3) is 6.08 Å². The Hall–Kier alpha value is -1.15. The van der Waals surface area contributed by atoms with E-state index in [1.54, 1.807) is 12.1 Å². The lowest BCUT2D eigenvalue weighted by atomic mass is 10.2. The molecule has 2 atom stereocenters. The van der Waals surface area contributed by atoms with Gasteiger partial charge in [0.2, 0.25) is 0 Å². The first-order valence-corrected chi connectivity index (χ1v) is 4.93. The molecule has 1 fully saturated rings. The smallest absolute Gasteiger partial charge is 0.123 e. The van der Waals surface area contributed by atoms with Gasteiger partial charge in [-0.1, -0.05) is 24.3 Å². The molecule has 0 aliphatic heterocycles. The highest BCUT2D eigenvalue weighted by atomic mass is 19.1. The quantitative estimate of drug-likeness (QED) is 0.780. The highest BCUT2D eigenvalue weighted by Gasteiger charge is 2.32. The summed E-state index contributed by atoms with van der Waals surface area (Å²) in [4.78, 5) is 0. The lowest BCUT2D eigenvalue weighted by molar-refractivity contribution is 0.628. The van der Waals surface area contributed by atoms with Crippen LogP contribution in [0, 0.1) is 17.7 Å². The molecule has 0 saturated heterocycles. The van der Waals surface area contributed by atoms with Crippen LogP contribution in [0.1, 0.15) is 12.0 Å². The predicted molar refractivity (Wildman–Crippen MR) is 56.1 cm³/mol. The molecule has 0 amide bonds. The molecular formula is C12H14FN. The average molecular weight is 191 g/mol. The van der Waals surface area contributed by atoms with Gasteiger partial charge >= 0.3 is 0 Å². The van der Waals surface area contributed by atoms with Crippen LogP contribution in [0.4, 0.5) is 4.39 Å². The minimum atomic E-state index is -0.187. The van der Waals surface area contributed by atoms with Crippen molar-refractivity contribution < 1.29 is 4.39 Å². The molecule has 1 aliphatic rings. The molecule has 0 heterocycles. The molecule has 1 aromatic carbocycles. The van der Waals surface area contributed by atoms with Crippen LogP contribution in [0.3, 0.4) is 0 Å². The summed E-state index contributed by atoms with van der Waals surface area (Å²) < 4.78 is 12.6. The van der Waals surface area contributed by atoms with Gasteiger partial charge in [-0.05, 0) is 42.5 Å². The van der Waals surface area contributed by atoms with Gasteiger partial charge in [0.25, 0.3) is 0 Å². The lowest BCUT2D eigenvalue weighted by Crippen LogP contribution is -2.01. The predicted octanol–water partition coefficient (Wildman–Crippen LogP) is 2.43. The number of halogens is 1. The van der Waals surface area contributed by atoms with E-state index in [2.05, 4.69) is 6.08 Å². The summed E-state index contributed by atoms with van der Waals surface area (Å²) in [5, 5.41) is 0. The van der Waals surface area contributed by atoms with Crippen molar-refractivity contribution in [3.05, 3.63) is 41.7 Å². The third-order valence-electron chi connectivity index (χ3n) is 2.69. The highest BCUT2D eigenvalue weighted by molar-refractivity contribution is 5.49. The van der Waals surface area contributed by atoms with E-state index < -0.39 is 0 Å². The second kappa shape index (κ2) is 3.93. The maximum atomic E-state index is 12.6. The first kappa shape index (κ1) is 9.41. The maximum absolute atomic E-state index is 12.6. The first-order valence-electron chi connectivity index (χ1n) is 4.93. The number of benzene rings is 1. The van der Waals surface area contributed by atoms with Gasteiger partial charge < -0.3 is 5.73 Å². The van der Waals surface area contributed by atoms with Crippen LogP contribution in [-0.4, -0.2) is 6.54 Å². The molecule has 2 rings (SSSR count). The van der Waals surface area contributed by atoms with Crippen LogP contribution < -0.4 is 5.73 Å². The van der Waals surface area contributed by atoms with Crippen LogP contribution >= 0.6 is 0 Å². The van der Waals surface area contributed by atoms with Crippen LogP contribution in [0.15, 0.2) is 30.3 Å². The lowest BCUT2D eigenvalue weighted by Gasteiger charge is -1.92. The monoisotopic (exact) mass is 191 g/mol. The largest absolute Gasteiger partial charge is 0.330 e. The van der Waals surface area contributed by atoms with Crippen LogP contribution in [0.2, 0.25) is 0 Å². The minimum Gasteiger partial charge on any atom is -0.330 e. The van der Waals surface area contributed by atoms with Gasteiger partial charge in [0.1, 0.15) is 5.82 Å². The zero-order chi connectivity index (χ0) is 9.97. The Morgan fingerprint density at radius 3 is 2.64 bits per heavy atom. The van der Waals surface area contributed by atoms with Crippen molar-refractivity contribution >= 4 is 6.08 Å². The second-order valence-corrected chi connectivity index (χ2v) is 3.81. The van der Waals surface area contributed by atoms with E-state index in [0.717, 1.165) is 12.1 Å². The summed E-state index contributed by atoms with van der Waals surface area (Å²) >= 11 is 0. The Kier molecular flexibility index (Phi) is 2.64. The van der Waals surface area contributed by atoms with Gasteiger partial charge in [-0.3, -0.25) is 0 Å². The molecule has 2 N–H and O–H groups in total. The molecule has 1 aliphatic carbocycles. The van der Waals surface area contributed by atoms with Crippen LogP contribution in [0.5, 0.6) is 0 Å². The van der Waals surface area contributed by atoms with Gasteiger partial charge in [0, 0.05) is 0 Å². The van der Waals surface area contributed by atoms with E-state index in [-0.39, 0.29) is 5.82 Å². The topological polar surface area (TPSA) is 26.0 Å². The fourth-order valence-electron chi connectivity index (χ4n) is 1.59. The third-order valence-corrected chi connectivity index (χ3v) is 2.69. The van der Waals surface area contributed by atoms with Crippen molar-refractivity contribution in [2.24, 2.45) is 17.6 Å². The summed E-state index contributed by atoms with van der Waals surface area (Å²) in [7, 11) is 0. The number of hydrogen-bond acceptors (Lipinski definition) is 1. The molecule has 0 bridgehead atoms. The SMILES string of the molecule is NC[C@@H]1C[C@H]1/C=C/c1ccc(F)cc1. The van der Waals surface area contributed by atoms with E-state index >= 15 is 0 Å². The fraction of sp³-hybridized carbons (Fsp3) is 0.333. The average Bonchev–Trinajstić information content (AvgIpc) is 2.96.